The van der Waals surface area contributed by atoms with Gasteiger partial charge in [0, 0.05) is 18.8 Å². The van der Waals surface area contributed by atoms with Crippen LogP contribution in [0.4, 0.5) is 10.2 Å². The quantitative estimate of drug-likeness (QED) is 0.722. The van der Waals surface area contributed by atoms with Crippen LogP contribution in [-0.4, -0.2) is 59.4 Å². The van der Waals surface area contributed by atoms with Gasteiger partial charge < -0.3 is 10.2 Å². The molecule has 8 heteroatoms. The Morgan fingerprint density at radius 3 is 2.43 bits per heavy atom. The van der Waals surface area contributed by atoms with E-state index in [-0.39, 0.29) is 24.9 Å². The average molecular weight is 413 g/mol. The van der Waals surface area contributed by atoms with E-state index in [2.05, 4.69) is 11.4 Å². The van der Waals surface area contributed by atoms with Crippen LogP contribution in [0.1, 0.15) is 30.7 Å². The first-order chi connectivity index (χ1) is 14.2. The van der Waals surface area contributed by atoms with Crippen LogP contribution >= 0.6 is 0 Å². The first-order valence-electron chi connectivity index (χ1n) is 9.87. The number of benzene rings is 1. The van der Waals surface area contributed by atoms with Crippen molar-refractivity contribution in [2.24, 2.45) is 0 Å². The Bertz CT molecular complexity index is 973. The van der Waals surface area contributed by atoms with Gasteiger partial charge in [0.15, 0.2) is 0 Å². The summed E-state index contributed by atoms with van der Waals surface area (Å²) in [6.07, 6.45) is 0. The molecule has 160 valence electrons. The fraction of sp³-hybridized carbons (Fsp3) is 0.409. The van der Waals surface area contributed by atoms with Crippen molar-refractivity contribution in [1.82, 2.24) is 14.4 Å². The van der Waals surface area contributed by atoms with E-state index in [1.165, 1.54) is 12.1 Å². The van der Waals surface area contributed by atoms with E-state index in [0.29, 0.717) is 35.7 Å². The number of rotatable bonds is 8. The smallest absolute Gasteiger partial charge is 0.239 e. The first-order valence-corrected chi connectivity index (χ1v) is 9.87. The monoisotopic (exact) mass is 413 g/mol. The van der Waals surface area contributed by atoms with Gasteiger partial charge in [0.2, 0.25) is 11.8 Å². The fourth-order valence-electron chi connectivity index (χ4n) is 3.38. The van der Waals surface area contributed by atoms with Crippen LogP contribution in [0.3, 0.4) is 0 Å². The lowest BCUT2D eigenvalue weighted by molar-refractivity contribution is -0.132. The molecule has 0 saturated heterocycles. The lowest BCUT2D eigenvalue weighted by Crippen LogP contribution is -2.41. The van der Waals surface area contributed by atoms with Gasteiger partial charge >= 0.3 is 0 Å². The fourth-order valence-corrected chi connectivity index (χ4v) is 3.38. The summed E-state index contributed by atoms with van der Waals surface area (Å²) in [5.41, 5.74) is 2.28. The van der Waals surface area contributed by atoms with Gasteiger partial charge in [-0.25, -0.2) is 4.39 Å². The number of carbonyl (C=O) groups excluding carboxylic acids is 2. The molecule has 1 N–H and O–H groups in total. The van der Waals surface area contributed by atoms with Crippen LogP contribution in [0.2, 0.25) is 0 Å². The van der Waals surface area contributed by atoms with Crippen molar-refractivity contribution >= 4 is 17.6 Å². The van der Waals surface area contributed by atoms with Gasteiger partial charge in [-0.3, -0.25) is 19.1 Å². The number of nitriles is 1. The van der Waals surface area contributed by atoms with Crippen molar-refractivity contribution in [1.29, 1.82) is 5.26 Å². The third kappa shape index (κ3) is 5.05. The van der Waals surface area contributed by atoms with Gasteiger partial charge in [0.1, 0.15) is 17.7 Å². The summed E-state index contributed by atoms with van der Waals surface area (Å²) in [7, 11) is 1.69. The van der Waals surface area contributed by atoms with Crippen molar-refractivity contribution in [3.8, 4) is 11.8 Å². The molecule has 2 aromatic rings. The van der Waals surface area contributed by atoms with Crippen LogP contribution in [0.15, 0.2) is 24.3 Å². The Morgan fingerprint density at radius 1 is 1.20 bits per heavy atom. The molecule has 1 aromatic heterocycles. The highest BCUT2D eigenvalue weighted by Gasteiger charge is 2.22. The van der Waals surface area contributed by atoms with E-state index in [1.807, 2.05) is 20.8 Å². The van der Waals surface area contributed by atoms with Crippen molar-refractivity contribution in [2.75, 3.05) is 38.5 Å². The SMILES string of the molecule is CCN(CC)C(=O)CN(C)CC(=O)Nc1c(C#N)c(C)c(C)n1-c1cccc(F)c1. The van der Waals surface area contributed by atoms with Gasteiger partial charge in [-0.05, 0) is 58.5 Å². The minimum atomic E-state index is -0.413. The number of likely N-dealkylation sites (N-methyl/N-ethyl adjacent to an activating group) is 2. The zero-order chi connectivity index (χ0) is 22.4. The molecular weight excluding hydrogens is 385 g/mol. The predicted octanol–water partition coefficient (Wildman–Crippen LogP) is 2.84. The summed E-state index contributed by atoms with van der Waals surface area (Å²) in [5, 5.41) is 12.4. The molecule has 0 aliphatic heterocycles. The highest BCUT2D eigenvalue weighted by Crippen LogP contribution is 2.30. The van der Waals surface area contributed by atoms with E-state index in [4.69, 9.17) is 0 Å². The Balaban J connectivity index is 2.25. The summed E-state index contributed by atoms with van der Waals surface area (Å²) in [4.78, 5) is 28.2. The lowest BCUT2D eigenvalue weighted by Gasteiger charge is -2.23. The molecular formula is C22H28FN5O2. The molecule has 0 aliphatic carbocycles. The highest BCUT2D eigenvalue weighted by molar-refractivity contribution is 5.94. The first kappa shape index (κ1) is 23.1. The van der Waals surface area contributed by atoms with Crippen LogP contribution in [0, 0.1) is 31.0 Å². The summed E-state index contributed by atoms with van der Waals surface area (Å²) in [6, 6.07) is 8.09. The number of carbonyl (C=O) groups is 2. The van der Waals surface area contributed by atoms with E-state index in [0.717, 1.165) is 5.69 Å². The van der Waals surface area contributed by atoms with Crippen molar-refractivity contribution in [3.05, 3.63) is 46.9 Å². The standard InChI is InChI=1S/C22H28FN5O2/c1-6-27(7-2)21(30)14-26(5)13-20(29)25-22-19(12-24)15(3)16(4)28(22)18-10-8-9-17(23)11-18/h8-11H,6-7,13-14H2,1-5H3,(H,25,29). The molecule has 30 heavy (non-hydrogen) atoms. The molecule has 2 rings (SSSR count). The van der Waals surface area contributed by atoms with Gasteiger partial charge in [-0.2, -0.15) is 5.26 Å². The van der Waals surface area contributed by atoms with E-state index in [1.54, 1.807) is 40.5 Å². The number of nitrogens with one attached hydrogen (secondary N) is 1. The normalized spacial score (nSPS) is 10.7. The summed E-state index contributed by atoms with van der Waals surface area (Å²) in [6.45, 7) is 8.72. The second-order valence-electron chi connectivity index (χ2n) is 7.15. The zero-order valence-electron chi connectivity index (χ0n) is 18.1. The number of hydrogen-bond acceptors (Lipinski definition) is 4. The van der Waals surface area contributed by atoms with Crippen LogP contribution in [0.5, 0.6) is 0 Å². The molecule has 0 atom stereocenters. The zero-order valence-corrected chi connectivity index (χ0v) is 18.1. The number of nitrogens with zero attached hydrogens (tertiary/aromatic N) is 4. The Labute approximate surface area is 176 Å². The predicted molar refractivity (Wildman–Crippen MR) is 114 cm³/mol. The van der Waals surface area contributed by atoms with Crippen LogP contribution < -0.4 is 5.32 Å². The Kier molecular flexibility index (Phi) is 7.72. The highest BCUT2D eigenvalue weighted by atomic mass is 19.1. The van der Waals surface area contributed by atoms with E-state index >= 15 is 0 Å². The molecule has 0 fully saturated rings. The largest absolute Gasteiger partial charge is 0.342 e. The summed E-state index contributed by atoms with van der Waals surface area (Å²) < 4.78 is 15.4. The maximum atomic E-state index is 13.8. The van der Waals surface area contributed by atoms with Crippen LogP contribution in [0.25, 0.3) is 5.69 Å². The Morgan fingerprint density at radius 2 is 1.87 bits per heavy atom. The molecule has 1 heterocycles. The number of hydrogen-bond donors (Lipinski definition) is 1. The van der Waals surface area contributed by atoms with Crippen molar-refractivity contribution in [2.45, 2.75) is 27.7 Å². The maximum absolute atomic E-state index is 13.8. The lowest BCUT2D eigenvalue weighted by atomic mass is 10.2. The van der Waals surface area contributed by atoms with Gasteiger partial charge in [-0.1, -0.05) is 6.07 Å². The molecule has 0 bridgehead atoms. The second-order valence-corrected chi connectivity index (χ2v) is 7.15. The molecule has 0 spiro atoms. The summed E-state index contributed by atoms with van der Waals surface area (Å²) >= 11 is 0. The molecule has 0 saturated carbocycles. The molecule has 7 nitrogen and oxygen atoms in total. The van der Waals surface area contributed by atoms with E-state index in [9.17, 15) is 19.2 Å². The van der Waals surface area contributed by atoms with Gasteiger partial charge in [-0.15, -0.1) is 0 Å². The van der Waals surface area contributed by atoms with Gasteiger partial charge in [0.05, 0.1) is 24.3 Å². The van der Waals surface area contributed by atoms with Crippen molar-refractivity contribution < 1.29 is 14.0 Å². The molecule has 0 unspecified atom stereocenters. The van der Waals surface area contributed by atoms with Crippen LogP contribution in [-0.2, 0) is 9.59 Å². The number of aromatic nitrogens is 1. The van der Waals surface area contributed by atoms with Gasteiger partial charge in [0.25, 0.3) is 0 Å². The maximum Gasteiger partial charge on any atom is 0.239 e. The molecule has 2 amide bonds. The topological polar surface area (TPSA) is 81.4 Å². The summed E-state index contributed by atoms with van der Waals surface area (Å²) in [5.74, 6) is -0.533. The average Bonchev–Trinajstić information content (AvgIpc) is 2.91. The number of amides is 2. The van der Waals surface area contributed by atoms with E-state index < -0.39 is 5.82 Å². The molecule has 0 radical (unpaired) electrons. The minimum absolute atomic E-state index is 0.0235. The number of anilines is 1. The third-order valence-corrected chi connectivity index (χ3v) is 5.08. The van der Waals surface area contributed by atoms with Crippen molar-refractivity contribution in [3.63, 3.8) is 0 Å². The number of halogens is 1. The minimum Gasteiger partial charge on any atom is -0.342 e. The Hall–Kier alpha value is -3.18. The molecule has 0 aliphatic rings. The molecule has 1 aromatic carbocycles. The third-order valence-electron chi connectivity index (χ3n) is 5.08. The second kappa shape index (κ2) is 10.0.